The molecule has 2 atom stereocenters. The summed E-state index contributed by atoms with van der Waals surface area (Å²) in [7, 11) is 1.72. The number of ether oxygens (including phenoxy) is 2. The average Bonchev–Trinajstić information content (AvgIpc) is 2.95. The first-order chi connectivity index (χ1) is 8.65. The maximum Gasteiger partial charge on any atom is 0.0700 e. The van der Waals surface area contributed by atoms with E-state index in [0.717, 1.165) is 25.0 Å². The molecule has 0 bridgehead atoms. The van der Waals surface area contributed by atoms with Crippen LogP contribution in [-0.4, -0.2) is 39.5 Å². The summed E-state index contributed by atoms with van der Waals surface area (Å²) >= 11 is 0. The quantitative estimate of drug-likeness (QED) is 0.642. The standard InChI is InChI=1S/C15H29NO2/c1-12(2)16-11-15(4-5-18-7-6-17-3)9-13-8-14(13)10-15/h12-14,16H,4-11H2,1-3H3. The lowest BCUT2D eigenvalue weighted by Gasteiger charge is -2.32. The molecule has 0 aromatic heterocycles. The van der Waals surface area contributed by atoms with Crippen LogP contribution in [0.2, 0.25) is 0 Å². The summed E-state index contributed by atoms with van der Waals surface area (Å²) in [5, 5.41) is 3.64. The molecular formula is C15H29NO2. The molecule has 2 aliphatic carbocycles. The van der Waals surface area contributed by atoms with E-state index in [1.165, 1.54) is 32.2 Å². The van der Waals surface area contributed by atoms with Crippen LogP contribution in [0.25, 0.3) is 0 Å². The van der Waals surface area contributed by atoms with Gasteiger partial charge in [-0.3, -0.25) is 0 Å². The summed E-state index contributed by atoms with van der Waals surface area (Å²) in [6, 6.07) is 0.591. The van der Waals surface area contributed by atoms with Gasteiger partial charge in [-0.15, -0.1) is 0 Å². The van der Waals surface area contributed by atoms with Gasteiger partial charge in [0.15, 0.2) is 0 Å². The molecule has 3 nitrogen and oxygen atoms in total. The maximum absolute atomic E-state index is 5.67. The van der Waals surface area contributed by atoms with Crippen molar-refractivity contribution in [3.63, 3.8) is 0 Å². The van der Waals surface area contributed by atoms with Gasteiger partial charge in [-0.25, -0.2) is 0 Å². The van der Waals surface area contributed by atoms with E-state index in [4.69, 9.17) is 9.47 Å². The van der Waals surface area contributed by atoms with Gasteiger partial charge >= 0.3 is 0 Å². The second kappa shape index (κ2) is 6.36. The van der Waals surface area contributed by atoms with Gasteiger partial charge < -0.3 is 14.8 Å². The van der Waals surface area contributed by atoms with Crippen molar-refractivity contribution in [1.29, 1.82) is 0 Å². The summed E-state index contributed by atoms with van der Waals surface area (Å²) < 4.78 is 10.7. The Kier molecular flexibility index (Phi) is 5.05. The van der Waals surface area contributed by atoms with Crippen LogP contribution in [0.1, 0.15) is 39.5 Å². The summed E-state index contributed by atoms with van der Waals surface area (Å²) in [6.07, 6.45) is 5.55. The molecule has 106 valence electrons. The number of nitrogens with one attached hydrogen (secondary N) is 1. The van der Waals surface area contributed by atoms with Crippen molar-refractivity contribution in [2.24, 2.45) is 17.3 Å². The van der Waals surface area contributed by atoms with Gasteiger partial charge in [-0.1, -0.05) is 13.8 Å². The highest BCUT2D eigenvalue weighted by molar-refractivity contribution is 5.04. The van der Waals surface area contributed by atoms with Gasteiger partial charge in [0.05, 0.1) is 13.2 Å². The lowest BCUT2D eigenvalue weighted by Crippen LogP contribution is -2.37. The van der Waals surface area contributed by atoms with Crippen molar-refractivity contribution in [1.82, 2.24) is 5.32 Å². The molecule has 0 radical (unpaired) electrons. The van der Waals surface area contributed by atoms with Crippen molar-refractivity contribution in [3.05, 3.63) is 0 Å². The van der Waals surface area contributed by atoms with E-state index in [9.17, 15) is 0 Å². The topological polar surface area (TPSA) is 30.5 Å². The van der Waals surface area contributed by atoms with E-state index in [-0.39, 0.29) is 0 Å². The predicted molar refractivity (Wildman–Crippen MR) is 73.7 cm³/mol. The summed E-state index contributed by atoms with van der Waals surface area (Å²) in [4.78, 5) is 0. The van der Waals surface area contributed by atoms with Crippen LogP contribution in [-0.2, 0) is 9.47 Å². The molecule has 18 heavy (non-hydrogen) atoms. The van der Waals surface area contributed by atoms with E-state index in [1.54, 1.807) is 7.11 Å². The fourth-order valence-corrected chi connectivity index (χ4v) is 3.40. The number of fused-ring (bicyclic) bond motifs is 1. The Morgan fingerprint density at radius 2 is 1.89 bits per heavy atom. The second-order valence-corrected chi connectivity index (χ2v) is 6.55. The summed E-state index contributed by atoms with van der Waals surface area (Å²) in [5.74, 6) is 2.08. The van der Waals surface area contributed by atoms with Crippen molar-refractivity contribution in [3.8, 4) is 0 Å². The molecule has 2 aliphatic rings. The van der Waals surface area contributed by atoms with Crippen LogP contribution in [0, 0.1) is 17.3 Å². The molecule has 2 unspecified atom stereocenters. The number of rotatable bonds is 9. The highest BCUT2D eigenvalue weighted by Gasteiger charge is 2.53. The molecule has 2 rings (SSSR count). The van der Waals surface area contributed by atoms with Gasteiger partial charge in [0.2, 0.25) is 0 Å². The van der Waals surface area contributed by atoms with E-state index >= 15 is 0 Å². The molecule has 2 fully saturated rings. The Bertz CT molecular complexity index is 245. The van der Waals surface area contributed by atoms with Crippen LogP contribution in [0.15, 0.2) is 0 Å². The third-order valence-electron chi connectivity index (χ3n) is 4.55. The largest absolute Gasteiger partial charge is 0.382 e. The van der Waals surface area contributed by atoms with Crippen molar-refractivity contribution in [2.75, 3.05) is 33.5 Å². The average molecular weight is 255 g/mol. The molecule has 0 aliphatic heterocycles. The van der Waals surface area contributed by atoms with Gasteiger partial charge in [-0.2, -0.15) is 0 Å². The maximum atomic E-state index is 5.67. The first-order valence-corrected chi connectivity index (χ1v) is 7.45. The molecule has 0 saturated heterocycles. The minimum Gasteiger partial charge on any atom is -0.382 e. The number of methoxy groups -OCH3 is 1. The Morgan fingerprint density at radius 1 is 1.17 bits per heavy atom. The fourth-order valence-electron chi connectivity index (χ4n) is 3.40. The van der Waals surface area contributed by atoms with Crippen LogP contribution in [0.4, 0.5) is 0 Å². The number of hydrogen-bond donors (Lipinski definition) is 1. The molecular weight excluding hydrogens is 226 g/mol. The monoisotopic (exact) mass is 255 g/mol. The van der Waals surface area contributed by atoms with Gasteiger partial charge in [0, 0.05) is 26.3 Å². The third kappa shape index (κ3) is 3.94. The van der Waals surface area contributed by atoms with Crippen LogP contribution < -0.4 is 5.32 Å². The zero-order chi connectivity index (χ0) is 13.0. The Morgan fingerprint density at radius 3 is 2.50 bits per heavy atom. The zero-order valence-corrected chi connectivity index (χ0v) is 12.2. The van der Waals surface area contributed by atoms with Crippen molar-refractivity contribution in [2.45, 2.75) is 45.6 Å². The van der Waals surface area contributed by atoms with Crippen molar-refractivity contribution < 1.29 is 9.47 Å². The number of hydrogen-bond acceptors (Lipinski definition) is 3. The van der Waals surface area contributed by atoms with Gasteiger partial charge in [0.1, 0.15) is 0 Å². The third-order valence-corrected chi connectivity index (χ3v) is 4.55. The Balaban J connectivity index is 1.71. The van der Waals surface area contributed by atoms with E-state index < -0.39 is 0 Å². The Labute approximate surface area is 112 Å². The fraction of sp³-hybridized carbons (Fsp3) is 1.00. The van der Waals surface area contributed by atoms with Crippen LogP contribution in [0.3, 0.4) is 0 Å². The minimum atomic E-state index is 0.519. The predicted octanol–water partition coefficient (Wildman–Crippen LogP) is 2.45. The molecule has 3 heteroatoms. The van der Waals surface area contributed by atoms with E-state index in [0.29, 0.717) is 18.1 Å². The van der Waals surface area contributed by atoms with Gasteiger partial charge in [-0.05, 0) is 42.9 Å². The minimum absolute atomic E-state index is 0.519. The van der Waals surface area contributed by atoms with Crippen LogP contribution in [0.5, 0.6) is 0 Å². The molecule has 1 N–H and O–H groups in total. The molecule has 2 saturated carbocycles. The normalized spacial score (nSPS) is 34.0. The SMILES string of the molecule is COCCOCCC1(CNC(C)C)CC2CC2C1. The lowest BCUT2D eigenvalue weighted by atomic mass is 9.79. The summed E-state index contributed by atoms with van der Waals surface area (Å²) in [5.41, 5.74) is 0.519. The van der Waals surface area contributed by atoms with E-state index in [1.807, 2.05) is 0 Å². The Hall–Kier alpha value is -0.120. The molecule has 0 aromatic rings. The molecule has 0 amide bonds. The smallest absolute Gasteiger partial charge is 0.0700 e. The summed E-state index contributed by atoms with van der Waals surface area (Å²) in [6.45, 7) is 7.98. The molecule has 0 heterocycles. The molecule has 0 aromatic carbocycles. The van der Waals surface area contributed by atoms with Crippen LogP contribution >= 0.6 is 0 Å². The van der Waals surface area contributed by atoms with Gasteiger partial charge in [0.25, 0.3) is 0 Å². The van der Waals surface area contributed by atoms with Crippen molar-refractivity contribution >= 4 is 0 Å². The first-order valence-electron chi connectivity index (χ1n) is 7.45. The lowest BCUT2D eigenvalue weighted by molar-refractivity contribution is 0.0487. The zero-order valence-electron chi connectivity index (χ0n) is 12.2. The second-order valence-electron chi connectivity index (χ2n) is 6.55. The molecule has 0 spiro atoms. The highest BCUT2D eigenvalue weighted by atomic mass is 16.5. The first kappa shape index (κ1) is 14.3. The van der Waals surface area contributed by atoms with E-state index in [2.05, 4.69) is 19.2 Å². The highest BCUT2D eigenvalue weighted by Crippen LogP contribution is 2.60.